The second kappa shape index (κ2) is 9.48. The fraction of sp³-hybridized carbons (Fsp3) is 0.529. The molecule has 0 aromatic heterocycles. The minimum Gasteiger partial charge on any atom is -0.497 e. The molecule has 0 aliphatic carbocycles. The molecule has 1 unspecified atom stereocenters. The molecule has 2 N–H and O–H groups in total. The largest absolute Gasteiger partial charge is 0.497 e. The van der Waals surface area contributed by atoms with Gasteiger partial charge in [-0.3, -0.25) is 9.59 Å². The first kappa shape index (κ1) is 21.1. The van der Waals surface area contributed by atoms with Gasteiger partial charge in [-0.1, -0.05) is 0 Å². The molecule has 7 nitrogen and oxygen atoms in total. The highest BCUT2D eigenvalue weighted by Gasteiger charge is 2.26. The zero-order valence-electron chi connectivity index (χ0n) is 14.9. The van der Waals surface area contributed by atoms with Crippen molar-refractivity contribution in [1.29, 1.82) is 0 Å². The monoisotopic (exact) mass is 371 g/mol. The lowest BCUT2D eigenvalue weighted by Crippen LogP contribution is -2.51. The lowest BCUT2D eigenvalue weighted by atomic mass is 10.1. The van der Waals surface area contributed by atoms with Crippen LogP contribution in [0.5, 0.6) is 11.5 Å². The maximum Gasteiger partial charge on any atom is 0.257 e. The summed E-state index contributed by atoms with van der Waals surface area (Å²) in [5, 5.41) is 0. The fourth-order valence-electron chi connectivity index (χ4n) is 2.71. The maximum atomic E-state index is 12.7. The van der Waals surface area contributed by atoms with Crippen molar-refractivity contribution in [3.05, 3.63) is 23.8 Å². The molecule has 0 spiro atoms. The van der Waals surface area contributed by atoms with Gasteiger partial charge in [0.25, 0.3) is 5.91 Å². The standard InChI is InChI=1S/C17H25N3O4.ClH/c1-12(18)10-16(21)19-6-8-20(9-7-19)17(22)14-5-4-13(23-2)11-15(14)24-3;/h4-5,11-12H,6-10,18H2,1-3H3;1H. The van der Waals surface area contributed by atoms with Crippen molar-refractivity contribution >= 4 is 24.2 Å². The number of amides is 2. The van der Waals surface area contributed by atoms with Crippen molar-refractivity contribution in [3.8, 4) is 11.5 Å². The summed E-state index contributed by atoms with van der Waals surface area (Å²) in [4.78, 5) is 28.2. The van der Waals surface area contributed by atoms with Crippen molar-refractivity contribution in [2.45, 2.75) is 19.4 Å². The van der Waals surface area contributed by atoms with Gasteiger partial charge in [0.05, 0.1) is 19.8 Å². The highest BCUT2D eigenvalue weighted by Crippen LogP contribution is 2.26. The van der Waals surface area contributed by atoms with Gasteiger partial charge < -0.3 is 25.0 Å². The smallest absolute Gasteiger partial charge is 0.257 e. The van der Waals surface area contributed by atoms with E-state index in [4.69, 9.17) is 15.2 Å². The zero-order valence-corrected chi connectivity index (χ0v) is 15.7. The molecule has 1 fully saturated rings. The van der Waals surface area contributed by atoms with Gasteiger partial charge in [-0.2, -0.15) is 0 Å². The van der Waals surface area contributed by atoms with Crippen LogP contribution >= 0.6 is 12.4 Å². The molecule has 1 aromatic carbocycles. The number of hydrogen-bond acceptors (Lipinski definition) is 5. The number of nitrogens with zero attached hydrogens (tertiary/aromatic N) is 2. The van der Waals surface area contributed by atoms with Crippen LogP contribution < -0.4 is 15.2 Å². The molecule has 25 heavy (non-hydrogen) atoms. The number of rotatable bonds is 5. The van der Waals surface area contributed by atoms with Gasteiger partial charge in [0.15, 0.2) is 0 Å². The first-order valence-electron chi connectivity index (χ1n) is 8.01. The Labute approximate surface area is 154 Å². The lowest BCUT2D eigenvalue weighted by molar-refractivity contribution is -0.132. The van der Waals surface area contributed by atoms with E-state index >= 15 is 0 Å². The normalized spacial score (nSPS) is 15.2. The third kappa shape index (κ3) is 5.24. The van der Waals surface area contributed by atoms with Crippen LogP contribution in [0.1, 0.15) is 23.7 Å². The highest BCUT2D eigenvalue weighted by molar-refractivity contribution is 5.97. The molecule has 0 saturated carbocycles. The number of carbonyl (C=O) groups excluding carboxylic acids is 2. The van der Waals surface area contributed by atoms with E-state index in [9.17, 15) is 9.59 Å². The minimum atomic E-state index is -0.152. The number of ether oxygens (including phenoxy) is 2. The van der Waals surface area contributed by atoms with E-state index in [0.29, 0.717) is 49.7 Å². The molecular weight excluding hydrogens is 346 g/mol. The molecule has 1 aromatic rings. The number of carbonyl (C=O) groups is 2. The third-order valence-corrected chi connectivity index (χ3v) is 4.06. The van der Waals surface area contributed by atoms with Gasteiger partial charge in [-0.05, 0) is 19.1 Å². The predicted molar refractivity (Wildman–Crippen MR) is 97.5 cm³/mol. The van der Waals surface area contributed by atoms with Crippen molar-refractivity contribution in [3.63, 3.8) is 0 Å². The molecule has 140 valence electrons. The zero-order chi connectivity index (χ0) is 17.7. The first-order chi connectivity index (χ1) is 11.5. The Morgan fingerprint density at radius 2 is 1.72 bits per heavy atom. The van der Waals surface area contributed by atoms with Gasteiger partial charge >= 0.3 is 0 Å². The van der Waals surface area contributed by atoms with Crippen LogP contribution in [0.2, 0.25) is 0 Å². The van der Waals surface area contributed by atoms with Crippen LogP contribution in [0.3, 0.4) is 0 Å². The summed E-state index contributed by atoms with van der Waals surface area (Å²) in [5.74, 6) is 1.05. The van der Waals surface area contributed by atoms with Crippen LogP contribution in [0, 0.1) is 0 Å². The first-order valence-corrected chi connectivity index (χ1v) is 8.01. The molecule has 0 bridgehead atoms. The van der Waals surface area contributed by atoms with Gasteiger partial charge in [0.1, 0.15) is 11.5 Å². The van der Waals surface area contributed by atoms with E-state index in [2.05, 4.69) is 0 Å². The quantitative estimate of drug-likeness (QED) is 0.839. The van der Waals surface area contributed by atoms with E-state index in [0.717, 1.165) is 0 Å². The molecular formula is C17H26ClN3O4. The number of piperazine rings is 1. The number of hydrogen-bond donors (Lipinski definition) is 1. The van der Waals surface area contributed by atoms with Crippen molar-refractivity contribution in [1.82, 2.24) is 9.80 Å². The number of methoxy groups -OCH3 is 2. The average Bonchev–Trinajstić information content (AvgIpc) is 2.60. The Morgan fingerprint density at radius 3 is 2.24 bits per heavy atom. The van der Waals surface area contributed by atoms with Crippen molar-refractivity contribution in [2.24, 2.45) is 5.73 Å². The Balaban J connectivity index is 0.00000312. The summed E-state index contributed by atoms with van der Waals surface area (Å²) in [6.07, 6.45) is 0.334. The lowest BCUT2D eigenvalue weighted by Gasteiger charge is -2.35. The SMILES string of the molecule is COc1ccc(C(=O)N2CCN(C(=O)CC(C)N)CC2)c(OC)c1.Cl. The van der Waals surface area contributed by atoms with Gasteiger partial charge in [-0.15, -0.1) is 12.4 Å². The maximum absolute atomic E-state index is 12.7. The van der Waals surface area contributed by atoms with Crippen LogP contribution in [-0.2, 0) is 4.79 Å². The molecule has 1 aliphatic rings. The van der Waals surface area contributed by atoms with E-state index in [1.807, 2.05) is 6.92 Å². The van der Waals surface area contributed by atoms with Gasteiger partial charge in [-0.25, -0.2) is 0 Å². The Kier molecular flexibility index (Phi) is 7.99. The summed E-state index contributed by atoms with van der Waals surface area (Å²) in [7, 11) is 3.09. The number of nitrogens with two attached hydrogens (primary N) is 1. The second-order valence-electron chi connectivity index (χ2n) is 5.92. The highest BCUT2D eigenvalue weighted by atomic mass is 35.5. The minimum absolute atomic E-state index is 0. The summed E-state index contributed by atoms with van der Waals surface area (Å²) in [5.41, 5.74) is 6.17. The Morgan fingerprint density at radius 1 is 1.12 bits per heavy atom. The third-order valence-electron chi connectivity index (χ3n) is 4.06. The summed E-state index contributed by atoms with van der Waals surface area (Å²) >= 11 is 0. The molecule has 2 rings (SSSR count). The van der Waals surface area contributed by atoms with Crippen molar-refractivity contribution in [2.75, 3.05) is 40.4 Å². The van der Waals surface area contributed by atoms with Crippen molar-refractivity contribution < 1.29 is 19.1 Å². The van der Waals surface area contributed by atoms with E-state index < -0.39 is 0 Å². The average molecular weight is 372 g/mol. The molecule has 1 aliphatic heterocycles. The molecule has 1 atom stereocenters. The second-order valence-corrected chi connectivity index (χ2v) is 5.92. The van der Waals surface area contributed by atoms with E-state index in [1.54, 1.807) is 35.1 Å². The summed E-state index contributed by atoms with van der Waals surface area (Å²) < 4.78 is 10.4. The van der Waals surface area contributed by atoms with Crippen LogP contribution in [-0.4, -0.2) is 68.1 Å². The molecule has 1 heterocycles. The molecule has 0 radical (unpaired) electrons. The van der Waals surface area contributed by atoms with Gasteiger partial charge in [0.2, 0.25) is 5.91 Å². The Bertz CT molecular complexity index is 602. The summed E-state index contributed by atoms with van der Waals surface area (Å²) in [6.45, 7) is 3.86. The molecule has 8 heteroatoms. The predicted octanol–water partition coefficient (Wildman–Crippen LogP) is 1.15. The Hall–Kier alpha value is -1.99. The van der Waals surface area contributed by atoms with Crippen LogP contribution in [0.15, 0.2) is 18.2 Å². The molecule has 1 saturated heterocycles. The van der Waals surface area contributed by atoms with Gasteiger partial charge in [0, 0.05) is 44.7 Å². The number of halogens is 1. The summed E-state index contributed by atoms with van der Waals surface area (Å²) in [6, 6.07) is 4.97. The van der Waals surface area contributed by atoms with Crippen LogP contribution in [0.4, 0.5) is 0 Å². The van der Waals surface area contributed by atoms with E-state index in [1.165, 1.54) is 7.11 Å². The topological polar surface area (TPSA) is 85.1 Å². The van der Waals surface area contributed by atoms with Crippen LogP contribution in [0.25, 0.3) is 0 Å². The number of benzene rings is 1. The van der Waals surface area contributed by atoms with E-state index in [-0.39, 0.29) is 30.3 Å². The fourth-order valence-corrected chi connectivity index (χ4v) is 2.71. The molecule has 2 amide bonds.